The Morgan fingerprint density at radius 2 is 1.96 bits per heavy atom. The summed E-state index contributed by atoms with van der Waals surface area (Å²) in [5.41, 5.74) is 6.78. The summed E-state index contributed by atoms with van der Waals surface area (Å²) >= 11 is 4.53. The summed E-state index contributed by atoms with van der Waals surface area (Å²) in [4.78, 5) is 25.4. The van der Waals surface area contributed by atoms with E-state index in [4.69, 9.17) is 5.73 Å². The predicted molar refractivity (Wildman–Crippen MR) is 96.1 cm³/mol. The highest BCUT2D eigenvalue weighted by molar-refractivity contribution is 9.10. The lowest BCUT2D eigenvalue weighted by atomic mass is 10.1. The number of hydrogen-bond acceptors (Lipinski definition) is 3. The molecule has 2 amide bonds. The van der Waals surface area contributed by atoms with E-state index in [-0.39, 0.29) is 5.56 Å². The summed E-state index contributed by atoms with van der Waals surface area (Å²) in [6.45, 7) is 0. The van der Waals surface area contributed by atoms with Gasteiger partial charge in [0.1, 0.15) is 10.8 Å². The molecule has 0 radical (unpaired) electrons. The summed E-state index contributed by atoms with van der Waals surface area (Å²) in [6.07, 6.45) is 4.83. The second-order valence-electron chi connectivity index (χ2n) is 5.71. The molecule has 0 saturated heterocycles. The van der Waals surface area contributed by atoms with Crippen molar-refractivity contribution in [2.24, 2.45) is 5.73 Å². The van der Waals surface area contributed by atoms with Crippen LogP contribution < -0.4 is 11.1 Å². The first-order valence-corrected chi connectivity index (χ1v) is 9.29. The molecule has 24 heavy (non-hydrogen) atoms. The van der Waals surface area contributed by atoms with Gasteiger partial charge in [-0.05, 0) is 49.4 Å². The Hall–Kier alpha value is -1.73. The quantitative estimate of drug-likeness (QED) is 0.741. The molecule has 0 bridgehead atoms. The molecule has 0 spiro atoms. The Kier molecular flexibility index (Phi) is 5.01. The van der Waals surface area contributed by atoms with Crippen LogP contribution in [0.2, 0.25) is 0 Å². The molecule has 0 fully saturated rings. The summed E-state index contributed by atoms with van der Waals surface area (Å²) < 4.78 is 14.5. The van der Waals surface area contributed by atoms with Gasteiger partial charge >= 0.3 is 0 Å². The average Bonchev–Trinajstić information content (AvgIpc) is 2.69. The molecular formula is C17H16BrFN2O2S. The first kappa shape index (κ1) is 17.1. The SMILES string of the molecule is NC(=O)c1c(NC(=O)c2ccc(Br)cc2F)sc2c1CCCCC2. The average molecular weight is 411 g/mol. The van der Waals surface area contributed by atoms with Gasteiger partial charge in [0.15, 0.2) is 0 Å². The second kappa shape index (κ2) is 7.03. The number of benzene rings is 1. The molecule has 0 atom stereocenters. The fourth-order valence-corrected chi connectivity index (χ4v) is 4.56. The number of nitrogens with one attached hydrogen (secondary N) is 1. The standard InChI is InChI=1S/C17H16BrFN2O2S/c18-9-6-7-10(12(19)8-9)16(23)21-17-14(15(20)22)11-4-2-1-3-5-13(11)24-17/h6-8H,1-5H2,(H2,20,22)(H,21,23). The zero-order valence-corrected chi connectivity index (χ0v) is 15.2. The molecule has 0 unspecified atom stereocenters. The highest BCUT2D eigenvalue weighted by Crippen LogP contribution is 2.37. The number of carbonyl (C=O) groups is 2. The van der Waals surface area contributed by atoms with Crippen LogP contribution in [0.15, 0.2) is 22.7 Å². The van der Waals surface area contributed by atoms with Crippen LogP contribution >= 0.6 is 27.3 Å². The van der Waals surface area contributed by atoms with Gasteiger partial charge in [-0.25, -0.2) is 4.39 Å². The van der Waals surface area contributed by atoms with Gasteiger partial charge in [0.25, 0.3) is 11.8 Å². The minimum absolute atomic E-state index is 0.0720. The number of rotatable bonds is 3. The van der Waals surface area contributed by atoms with Crippen LogP contribution in [0.5, 0.6) is 0 Å². The molecule has 1 aromatic heterocycles. The van der Waals surface area contributed by atoms with Crippen molar-refractivity contribution >= 4 is 44.1 Å². The highest BCUT2D eigenvalue weighted by Gasteiger charge is 2.25. The Labute approximate surface area is 151 Å². The normalized spacial score (nSPS) is 13.9. The molecule has 0 saturated carbocycles. The Morgan fingerprint density at radius 1 is 1.21 bits per heavy atom. The Bertz CT molecular complexity index is 819. The number of carbonyl (C=O) groups excluding carboxylic acids is 2. The monoisotopic (exact) mass is 410 g/mol. The lowest BCUT2D eigenvalue weighted by Gasteiger charge is -2.07. The third-order valence-electron chi connectivity index (χ3n) is 4.07. The number of hydrogen-bond donors (Lipinski definition) is 2. The molecule has 1 aromatic carbocycles. The molecule has 3 N–H and O–H groups in total. The van der Waals surface area contributed by atoms with Crippen LogP contribution in [0.4, 0.5) is 9.39 Å². The minimum atomic E-state index is -0.624. The minimum Gasteiger partial charge on any atom is -0.365 e. The first-order chi connectivity index (χ1) is 11.5. The molecule has 3 rings (SSSR count). The predicted octanol–water partition coefficient (Wildman–Crippen LogP) is 4.27. The molecule has 1 heterocycles. The van der Waals surface area contributed by atoms with Gasteiger partial charge < -0.3 is 11.1 Å². The first-order valence-electron chi connectivity index (χ1n) is 7.68. The smallest absolute Gasteiger partial charge is 0.259 e. The fourth-order valence-electron chi connectivity index (χ4n) is 2.94. The van der Waals surface area contributed by atoms with Crippen LogP contribution in [-0.4, -0.2) is 11.8 Å². The second-order valence-corrected chi connectivity index (χ2v) is 7.73. The van der Waals surface area contributed by atoms with Crippen molar-refractivity contribution in [3.8, 4) is 0 Å². The van der Waals surface area contributed by atoms with Crippen LogP contribution in [0, 0.1) is 5.82 Å². The molecular weight excluding hydrogens is 395 g/mol. The van der Waals surface area contributed by atoms with Crippen molar-refractivity contribution in [2.75, 3.05) is 5.32 Å². The zero-order valence-electron chi connectivity index (χ0n) is 12.8. The molecule has 126 valence electrons. The number of aryl methyl sites for hydroxylation is 1. The molecule has 7 heteroatoms. The van der Waals surface area contributed by atoms with Gasteiger partial charge in [0.2, 0.25) is 0 Å². The van der Waals surface area contributed by atoms with Gasteiger partial charge in [0, 0.05) is 9.35 Å². The van der Waals surface area contributed by atoms with Crippen molar-refractivity contribution in [2.45, 2.75) is 32.1 Å². The van der Waals surface area contributed by atoms with Gasteiger partial charge in [-0.15, -0.1) is 11.3 Å². The van der Waals surface area contributed by atoms with Gasteiger partial charge in [-0.3, -0.25) is 9.59 Å². The Morgan fingerprint density at radius 3 is 2.67 bits per heavy atom. The van der Waals surface area contributed by atoms with E-state index in [1.54, 1.807) is 6.07 Å². The van der Waals surface area contributed by atoms with E-state index >= 15 is 0 Å². The number of anilines is 1. The van der Waals surface area contributed by atoms with Crippen LogP contribution in [-0.2, 0) is 12.8 Å². The fraction of sp³-hybridized carbons (Fsp3) is 0.294. The highest BCUT2D eigenvalue weighted by atomic mass is 79.9. The van der Waals surface area contributed by atoms with Crippen LogP contribution in [0.3, 0.4) is 0 Å². The summed E-state index contributed by atoms with van der Waals surface area (Å²) in [6, 6.07) is 4.22. The summed E-state index contributed by atoms with van der Waals surface area (Å²) in [5.74, 6) is -1.76. The van der Waals surface area contributed by atoms with Gasteiger partial charge in [0.05, 0.1) is 11.1 Å². The molecule has 2 aromatic rings. The third kappa shape index (κ3) is 3.37. The van der Waals surface area contributed by atoms with E-state index in [1.807, 2.05) is 0 Å². The van der Waals surface area contributed by atoms with Crippen molar-refractivity contribution in [3.05, 3.63) is 50.1 Å². The van der Waals surface area contributed by atoms with Crippen LogP contribution in [0.25, 0.3) is 0 Å². The van der Waals surface area contributed by atoms with Gasteiger partial charge in [-0.1, -0.05) is 22.4 Å². The number of halogens is 2. The van der Waals surface area contributed by atoms with Crippen molar-refractivity contribution in [1.82, 2.24) is 0 Å². The van der Waals surface area contributed by atoms with Crippen LogP contribution in [0.1, 0.15) is 50.4 Å². The summed E-state index contributed by atoms with van der Waals surface area (Å²) in [5, 5.41) is 3.09. The van der Waals surface area contributed by atoms with Crippen molar-refractivity contribution in [1.29, 1.82) is 0 Å². The number of fused-ring (bicyclic) bond motifs is 1. The lowest BCUT2D eigenvalue weighted by Crippen LogP contribution is -2.18. The maximum Gasteiger partial charge on any atom is 0.259 e. The molecule has 4 nitrogen and oxygen atoms in total. The topological polar surface area (TPSA) is 72.2 Å². The summed E-state index contributed by atoms with van der Waals surface area (Å²) in [7, 11) is 0. The van der Waals surface area contributed by atoms with E-state index in [1.165, 1.54) is 23.5 Å². The van der Waals surface area contributed by atoms with E-state index in [0.717, 1.165) is 42.5 Å². The van der Waals surface area contributed by atoms with Crippen molar-refractivity contribution < 1.29 is 14.0 Å². The van der Waals surface area contributed by atoms with E-state index in [9.17, 15) is 14.0 Å². The maximum absolute atomic E-state index is 14.0. The molecule has 1 aliphatic carbocycles. The number of thiophene rings is 1. The van der Waals surface area contributed by atoms with E-state index in [0.29, 0.717) is 15.0 Å². The largest absolute Gasteiger partial charge is 0.365 e. The number of nitrogens with two attached hydrogens (primary N) is 1. The van der Waals surface area contributed by atoms with Gasteiger partial charge in [-0.2, -0.15) is 0 Å². The van der Waals surface area contributed by atoms with Crippen molar-refractivity contribution in [3.63, 3.8) is 0 Å². The lowest BCUT2D eigenvalue weighted by molar-refractivity contribution is 0.100. The zero-order chi connectivity index (χ0) is 17.3. The van der Waals surface area contributed by atoms with E-state index < -0.39 is 17.6 Å². The Balaban J connectivity index is 1.95. The molecule has 0 aliphatic heterocycles. The maximum atomic E-state index is 14.0. The van der Waals surface area contributed by atoms with E-state index in [2.05, 4.69) is 21.2 Å². The number of amides is 2. The number of primary amides is 1. The third-order valence-corrected chi connectivity index (χ3v) is 5.77. The molecule has 1 aliphatic rings.